The minimum absolute atomic E-state index is 0.201. The van der Waals surface area contributed by atoms with E-state index in [4.69, 9.17) is 13.8 Å². The first-order valence-electron chi connectivity index (χ1n) is 7.88. The number of unbranched alkanes of at least 4 members (excludes halogenated alkanes) is 2. The SMILES string of the molecule is C=C(C)C(=O)OCC(O)COP(=O)(O)OC(CC)CCCCC. The maximum absolute atomic E-state index is 11.8. The Balaban J connectivity index is 4.16. The molecular formula is C15H29O7P. The van der Waals surface area contributed by atoms with Crippen LogP contribution < -0.4 is 0 Å². The fraction of sp³-hybridized carbons (Fsp3) is 0.800. The molecule has 23 heavy (non-hydrogen) atoms. The molecule has 0 aliphatic heterocycles. The van der Waals surface area contributed by atoms with Gasteiger partial charge in [-0.1, -0.05) is 39.7 Å². The predicted molar refractivity (Wildman–Crippen MR) is 86.9 cm³/mol. The second-order valence-corrected chi connectivity index (χ2v) is 6.83. The predicted octanol–water partition coefficient (Wildman–Crippen LogP) is 2.96. The maximum Gasteiger partial charge on any atom is 0.472 e. The fourth-order valence-corrected chi connectivity index (χ4v) is 2.75. The summed E-state index contributed by atoms with van der Waals surface area (Å²) in [5, 5.41) is 9.59. The van der Waals surface area contributed by atoms with Crippen LogP contribution in [0.4, 0.5) is 0 Å². The van der Waals surface area contributed by atoms with Crippen LogP contribution in [0.5, 0.6) is 0 Å². The second kappa shape index (κ2) is 11.8. The summed E-state index contributed by atoms with van der Waals surface area (Å²) < 4.78 is 26.4. The number of phosphoric ester groups is 1. The van der Waals surface area contributed by atoms with Gasteiger partial charge in [0.15, 0.2) is 0 Å². The summed E-state index contributed by atoms with van der Waals surface area (Å²) in [6.07, 6.45) is 2.68. The third kappa shape index (κ3) is 11.5. The Labute approximate surface area is 138 Å². The van der Waals surface area contributed by atoms with E-state index in [1.165, 1.54) is 6.92 Å². The van der Waals surface area contributed by atoms with Crippen molar-refractivity contribution in [3.8, 4) is 0 Å². The minimum Gasteiger partial charge on any atom is -0.460 e. The molecule has 0 aliphatic carbocycles. The lowest BCUT2D eigenvalue weighted by molar-refractivity contribution is -0.142. The van der Waals surface area contributed by atoms with E-state index in [1.807, 2.05) is 6.92 Å². The Kier molecular flexibility index (Phi) is 11.4. The van der Waals surface area contributed by atoms with Crippen LogP contribution in [-0.2, 0) is 23.1 Å². The van der Waals surface area contributed by atoms with Gasteiger partial charge in [0.05, 0.1) is 12.7 Å². The van der Waals surface area contributed by atoms with Crippen molar-refractivity contribution in [1.29, 1.82) is 0 Å². The van der Waals surface area contributed by atoms with E-state index < -0.39 is 26.5 Å². The van der Waals surface area contributed by atoms with Crippen LogP contribution in [0.3, 0.4) is 0 Å². The summed E-state index contributed by atoms with van der Waals surface area (Å²) in [6.45, 7) is 8.00. The van der Waals surface area contributed by atoms with Gasteiger partial charge in [0.1, 0.15) is 12.7 Å². The molecule has 0 amide bonds. The zero-order chi connectivity index (χ0) is 17.9. The largest absolute Gasteiger partial charge is 0.472 e. The summed E-state index contributed by atoms with van der Waals surface area (Å²) >= 11 is 0. The van der Waals surface area contributed by atoms with Gasteiger partial charge in [0.25, 0.3) is 0 Å². The molecule has 0 rings (SSSR count). The molecule has 0 aromatic carbocycles. The Bertz CT molecular complexity index is 411. The van der Waals surface area contributed by atoms with Gasteiger partial charge in [-0.05, 0) is 19.8 Å². The molecule has 0 saturated carbocycles. The lowest BCUT2D eigenvalue weighted by Crippen LogP contribution is -2.24. The van der Waals surface area contributed by atoms with Crippen molar-refractivity contribution < 1.29 is 33.1 Å². The molecule has 0 aromatic heterocycles. The van der Waals surface area contributed by atoms with Gasteiger partial charge < -0.3 is 14.7 Å². The lowest BCUT2D eigenvalue weighted by Gasteiger charge is -2.20. The van der Waals surface area contributed by atoms with Crippen LogP contribution in [0.1, 0.15) is 52.9 Å². The Morgan fingerprint density at radius 2 is 1.91 bits per heavy atom. The highest BCUT2D eigenvalue weighted by molar-refractivity contribution is 7.47. The van der Waals surface area contributed by atoms with E-state index >= 15 is 0 Å². The van der Waals surface area contributed by atoms with Gasteiger partial charge >= 0.3 is 13.8 Å². The topological polar surface area (TPSA) is 102 Å². The Morgan fingerprint density at radius 3 is 2.43 bits per heavy atom. The van der Waals surface area contributed by atoms with E-state index in [9.17, 15) is 19.4 Å². The van der Waals surface area contributed by atoms with Gasteiger partial charge in [-0.25, -0.2) is 9.36 Å². The highest BCUT2D eigenvalue weighted by Gasteiger charge is 2.27. The first-order chi connectivity index (χ1) is 10.7. The summed E-state index contributed by atoms with van der Waals surface area (Å²) in [7, 11) is -4.25. The van der Waals surface area contributed by atoms with Crippen molar-refractivity contribution in [1.82, 2.24) is 0 Å². The van der Waals surface area contributed by atoms with Crippen LogP contribution in [0.15, 0.2) is 12.2 Å². The van der Waals surface area contributed by atoms with Gasteiger partial charge in [-0.15, -0.1) is 0 Å². The third-order valence-electron chi connectivity index (χ3n) is 3.05. The van der Waals surface area contributed by atoms with E-state index in [2.05, 4.69) is 13.5 Å². The Hall–Kier alpha value is -0.720. The molecule has 136 valence electrons. The summed E-state index contributed by atoms with van der Waals surface area (Å²) in [4.78, 5) is 20.8. The van der Waals surface area contributed by atoms with Crippen LogP contribution in [0.25, 0.3) is 0 Å². The van der Waals surface area contributed by atoms with Gasteiger partial charge in [-0.2, -0.15) is 0 Å². The number of aliphatic hydroxyl groups excluding tert-OH is 1. The summed E-state index contributed by atoms with van der Waals surface area (Å²) in [5.41, 5.74) is 0.201. The number of aliphatic hydroxyl groups is 1. The standard InChI is InChI=1S/C15H29O7P/c1-5-7-8-9-14(6-2)22-23(18,19)21-11-13(16)10-20-15(17)12(3)4/h13-14,16H,3,5-11H2,1-2,4H3,(H,18,19). The number of rotatable bonds is 13. The van der Waals surface area contributed by atoms with Crippen molar-refractivity contribution in [3.05, 3.63) is 12.2 Å². The Morgan fingerprint density at radius 1 is 1.26 bits per heavy atom. The zero-order valence-electron chi connectivity index (χ0n) is 14.2. The normalized spacial score (nSPS) is 16.4. The van der Waals surface area contributed by atoms with Gasteiger partial charge in [0.2, 0.25) is 0 Å². The summed E-state index contributed by atoms with van der Waals surface area (Å²) in [6, 6.07) is 0. The first kappa shape index (κ1) is 22.3. The maximum atomic E-state index is 11.8. The number of carbonyl (C=O) groups is 1. The molecule has 0 radical (unpaired) electrons. The smallest absolute Gasteiger partial charge is 0.460 e. The number of hydrogen-bond donors (Lipinski definition) is 2. The third-order valence-corrected chi connectivity index (χ3v) is 4.09. The van der Waals surface area contributed by atoms with Crippen molar-refractivity contribution >= 4 is 13.8 Å². The van der Waals surface area contributed by atoms with Crippen molar-refractivity contribution in [2.24, 2.45) is 0 Å². The van der Waals surface area contributed by atoms with Crippen molar-refractivity contribution in [3.63, 3.8) is 0 Å². The molecule has 0 bridgehead atoms. The molecule has 0 aromatic rings. The average Bonchev–Trinajstić information content (AvgIpc) is 2.49. The van der Waals surface area contributed by atoms with Gasteiger partial charge in [0, 0.05) is 5.57 Å². The number of phosphoric acid groups is 1. The lowest BCUT2D eigenvalue weighted by atomic mass is 10.1. The number of esters is 1. The van der Waals surface area contributed by atoms with E-state index in [-0.39, 0.29) is 18.3 Å². The van der Waals surface area contributed by atoms with E-state index in [0.29, 0.717) is 12.8 Å². The molecule has 0 saturated heterocycles. The fourth-order valence-electron chi connectivity index (χ4n) is 1.70. The van der Waals surface area contributed by atoms with Crippen LogP contribution >= 0.6 is 7.82 Å². The molecule has 0 aliphatic rings. The molecule has 2 N–H and O–H groups in total. The molecule has 0 spiro atoms. The quantitative estimate of drug-likeness (QED) is 0.227. The zero-order valence-corrected chi connectivity index (χ0v) is 15.1. The molecule has 0 fully saturated rings. The molecule has 0 heterocycles. The van der Waals surface area contributed by atoms with E-state index in [0.717, 1.165) is 19.3 Å². The van der Waals surface area contributed by atoms with Crippen LogP contribution in [-0.4, -0.2) is 41.4 Å². The number of carbonyl (C=O) groups excluding carboxylic acids is 1. The van der Waals surface area contributed by atoms with Crippen molar-refractivity contribution in [2.45, 2.75) is 65.1 Å². The van der Waals surface area contributed by atoms with Crippen molar-refractivity contribution in [2.75, 3.05) is 13.2 Å². The highest BCUT2D eigenvalue weighted by Crippen LogP contribution is 2.45. The molecule has 7 nitrogen and oxygen atoms in total. The van der Waals surface area contributed by atoms with E-state index in [1.54, 1.807) is 0 Å². The van der Waals surface area contributed by atoms with Gasteiger partial charge in [-0.3, -0.25) is 9.05 Å². The average molecular weight is 352 g/mol. The molecule has 8 heteroatoms. The second-order valence-electron chi connectivity index (χ2n) is 5.43. The minimum atomic E-state index is -4.25. The highest BCUT2D eigenvalue weighted by atomic mass is 31.2. The number of ether oxygens (including phenoxy) is 1. The first-order valence-corrected chi connectivity index (χ1v) is 9.37. The van der Waals surface area contributed by atoms with Crippen LogP contribution in [0.2, 0.25) is 0 Å². The monoisotopic (exact) mass is 352 g/mol. The molecule has 3 atom stereocenters. The summed E-state index contributed by atoms with van der Waals surface area (Å²) in [5.74, 6) is -0.644. The van der Waals surface area contributed by atoms with Crippen LogP contribution in [0, 0.1) is 0 Å². The number of hydrogen-bond acceptors (Lipinski definition) is 6. The molecule has 3 unspecified atom stereocenters. The molecular weight excluding hydrogens is 323 g/mol.